The van der Waals surface area contributed by atoms with Crippen molar-refractivity contribution < 1.29 is 9.47 Å². The second-order valence-corrected chi connectivity index (χ2v) is 7.54. The summed E-state index contributed by atoms with van der Waals surface area (Å²) in [5, 5.41) is 0.736. The molecule has 0 spiro atoms. The zero-order valence-corrected chi connectivity index (χ0v) is 14.9. The zero-order chi connectivity index (χ0) is 16.6. The summed E-state index contributed by atoms with van der Waals surface area (Å²) in [5.74, 6) is 2.29. The van der Waals surface area contributed by atoms with Crippen molar-refractivity contribution >= 4 is 11.6 Å². The van der Waals surface area contributed by atoms with Crippen molar-refractivity contribution in [3.05, 3.63) is 58.1 Å². The summed E-state index contributed by atoms with van der Waals surface area (Å²) in [7, 11) is 0. The van der Waals surface area contributed by atoms with Gasteiger partial charge in [-0.3, -0.25) is 0 Å². The minimum Gasteiger partial charge on any atom is -0.489 e. The highest BCUT2D eigenvalue weighted by molar-refractivity contribution is 6.30. The highest BCUT2D eigenvalue weighted by atomic mass is 35.5. The molecule has 0 amide bonds. The molecule has 3 heteroatoms. The Labute approximate surface area is 143 Å². The van der Waals surface area contributed by atoms with E-state index in [1.165, 1.54) is 5.56 Å². The number of halogens is 1. The first-order valence-corrected chi connectivity index (χ1v) is 8.45. The average Bonchev–Trinajstić information content (AvgIpc) is 2.79. The molecule has 0 fully saturated rings. The van der Waals surface area contributed by atoms with Crippen LogP contribution in [0.4, 0.5) is 0 Å². The van der Waals surface area contributed by atoms with Crippen LogP contribution in [0.25, 0.3) is 0 Å². The molecular weight excluding hydrogens is 308 g/mol. The highest BCUT2D eigenvalue weighted by Crippen LogP contribution is 2.40. The lowest BCUT2D eigenvalue weighted by Gasteiger charge is -2.18. The topological polar surface area (TPSA) is 18.5 Å². The summed E-state index contributed by atoms with van der Waals surface area (Å²) in [6.45, 7) is 9.01. The van der Waals surface area contributed by atoms with E-state index in [0.29, 0.717) is 12.5 Å². The molecule has 0 aromatic heterocycles. The summed E-state index contributed by atoms with van der Waals surface area (Å²) in [6.07, 6.45) is 0.874. The van der Waals surface area contributed by atoms with Crippen LogP contribution < -0.4 is 9.47 Å². The Balaban J connectivity index is 1.81. The number of benzene rings is 2. The number of fused-ring (bicyclic) bond motifs is 1. The fraction of sp³-hybridized carbons (Fsp3) is 0.400. The van der Waals surface area contributed by atoms with Gasteiger partial charge in [-0.25, -0.2) is 0 Å². The van der Waals surface area contributed by atoms with E-state index in [1.54, 1.807) is 0 Å². The van der Waals surface area contributed by atoms with Crippen molar-refractivity contribution in [2.24, 2.45) is 0 Å². The van der Waals surface area contributed by atoms with Gasteiger partial charge in [0.15, 0.2) is 0 Å². The second-order valence-electron chi connectivity index (χ2n) is 7.11. The van der Waals surface area contributed by atoms with Gasteiger partial charge in [0, 0.05) is 17.0 Å². The maximum Gasteiger partial charge on any atom is 0.130 e. The van der Waals surface area contributed by atoms with Gasteiger partial charge in [-0.2, -0.15) is 0 Å². The van der Waals surface area contributed by atoms with Crippen molar-refractivity contribution in [2.75, 3.05) is 0 Å². The molecule has 0 bridgehead atoms. The summed E-state index contributed by atoms with van der Waals surface area (Å²) in [5.41, 5.74) is 3.26. The standard InChI is InChI=1S/C20H23ClO2/c1-13(2)14-6-5-7-18(10-14)22-12-16-9-17(21)8-15-11-20(3,4)23-19(15)16/h5-10,13H,11-12H2,1-4H3. The molecule has 0 saturated heterocycles. The molecule has 0 atom stereocenters. The molecule has 3 rings (SSSR count). The molecule has 23 heavy (non-hydrogen) atoms. The quantitative estimate of drug-likeness (QED) is 0.710. The van der Waals surface area contributed by atoms with E-state index in [-0.39, 0.29) is 5.60 Å². The van der Waals surface area contributed by atoms with Gasteiger partial charge in [-0.15, -0.1) is 0 Å². The van der Waals surface area contributed by atoms with Crippen molar-refractivity contribution in [3.8, 4) is 11.5 Å². The van der Waals surface area contributed by atoms with Crippen molar-refractivity contribution in [3.63, 3.8) is 0 Å². The molecule has 0 radical (unpaired) electrons. The Morgan fingerprint density at radius 3 is 2.74 bits per heavy atom. The summed E-state index contributed by atoms with van der Waals surface area (Å²) >= 11 is 6.26. The van der Waals surface area contributed by atoms with E-state index < -0.39 is 0 Å². The predicted octanol–water partition coefficient (Wildman–Crippen LogP) is 5.76. The van der Waals surface area contributed by atoms with Crippen LogP contribution in [-0.2, 0) is 13.0 Å². The summed E-state index contributed by atoms with van der Waals surface area (Å²) < 4.78 is 12.1. The predicted molar refractivity (Wildman–Crippen MR) is 94.7 cm³/mol. The van der Waals surface area contributed by atoms with Crippen LogP contribution >= 0.6 is 11.6 Å². The molecule has 0 N–H and O–H groups in total. The molecule has 122 valence electrons. The normalized spacial score (nSPS) is 15.4. The molecule has 1 heterocycles. The van der Waals surface area contributed by atoms with Gasteiger partial charge < -0.3 is 9.47 Å². The number of hydrogen-bond acceptors (Lipinski definition) is 2. The summed E-state index contributed by atoms with van der Waals surface area (Å²) in [6, 6.07) is 12.2. The molecule has 0 aliphatic carbocycles. The second kappa shape index (κ2) is 6.09. The number of rotatable bonds is 4. The van der Waals surface area contributed by atoms with E-state index >= 15 is 0 Å². The van der Waals surface area contributed by atoms with E-state index in [2.05, 4.69) is 39.8 Å². The fourth-order valence-corrected chi connectivity index (χ4v) is 3.24. The lowest BCUT2D eigenvalue weighted by molar-refractivity contribution is 0.135. The minimum absolute atomic E-state index is 0.181. The molecule has 2 nitrogen and oxygen atoms in total. The summed E-state index contributed by atoms with van der Waals surface area (Å²) in [4.78, 5) is 0. The van der Waals surface area contributed by atoms with Crippen LogP contribution in [0.15, 0.2) is 36.4 Å². The first kappa shape index (κ1) is 16.2. The maximum absolute atomic E-state index is 6.26. The van der Waals surface area contributed by atoms with Gasteiger partial charge in [-0.1, -0.05) is 37.6 Å². The third kappa shape index (κ3) is 3.64. The maximum atomic E-state index is 6.26. The van der Waals surface area contributed by atoms with Gasteiger partial charge in [0.2, 0.25) is 0 Å². The van der Waals surface area contributed by atoms with Crippen LogP contribution in [0.3, 0.4) is 0 Å². The van der Waals surface area contributed by atoms with Gasteiger partial charge in [0.1, 0.15) is 23.7 Å². The van der Waals surface area contributed by atoms with E-state index in [1.807, 2.05) is 24.3 Å². The monoisotopic (exact) mass is 330 g/mol. The zero-order valence-electron chi connectivity index (χ0n) is 14.2. The first-order valence-electron chi connectivity index (χ1n) is 8.07. The Morgan fingerprint density at radius 2 is 2.00 bits per heavy atom. The van der Waals surface area contributed by atoms with Gasteiger partial charge >= 0.3 is 0 Å². The molecule has 1 aliphatic heterocycles. The van der Waals surface area contributed by atoms with Crippen LogP contribution in [0.1, 0.15) is 50.3 Å². The van der Waals surface area contributed by atoms with Crippen molar-refractivity contribution in [1.82, 2.24) is 0 Å². The van der Waals surface area contributed by atoms with Crippen LogP contribution in [0.2, 0.25) is 5.02 Å². The van der Waals surface area contributed by atoms with Crippen LogP contribution in [0, 0.1) is 0 Å². The van der Waals surface area contributed by atoms with Gasteiger partial charge in [0.25, 0.3) is 0 Å². The lowest BCUT2D eigenvalue weighted by Crippen LogP contribution is -2.25. The molecule has 2 aromatic rings. The molecule has 0 unspecified atom stereocenters. The molecule has 0 saturated carbocycles. The van der Waals surface area contributed by atoms with Crippen molar-refractivity contribution in [1.29, 1.82) is 0 Å². The molecule has 1 aliphatic rings. The van der Waals surface area contributed by atoms with E-state index in [0.717, 1.165) is 34.1 Å². The Morgan fingerprint density at radius 1 is 1.22 bits per heavy atom. The van der Waals surface area contributed by atoms with Crippen LogP contribution in [0.5, 0.6) is 11.5 Å². The first-order chi connectivity index (χ1) is 10.8. The SMILES string of the molecule is CC(C)c1cccc(OCc2cc(Cl)cc3c2OC(C)(C)C3)c1. The largest absolute Gasteiger partial charge is 0.489 e. The third-order valence-corrected chi connectivity index (χ3v) is 4.34. The minimum atomic E-state index is -0.181. The third-order valence-electron chi connectivity index (χ3n) is 4.12. The lowest BCUT2D eigenvalue weighted by atomic mass is 10.0. The molecule has 2 aromatic carbocycles. The van der Waals surface area contributed by atoms with Gasteiger partial charge in [-0.05, 0) is 55.2 Å². The average molecular weight is 331 g/mol. The van der Waals surface area contributed by atoms with Gasteiger partial charge in [0.05, 0.1) is 0 Å². The van der Waals surface area contributed by atoms with E-state index in [9.17, 15) is 0 Å². The Hall–Kier alpha value is -1.67. The fourth-order valence-electron chi connectivity index (χ4n) is 2.98. The number of ether oxygens (including phenoxy) is 2. The van der Waals surface area contributed by atoms with Crippen LogP contribution in [-0.4, -0.2) is 5.60 Å². The highest BCUT2D eigenvalue weighted by Gasteiger charge is 2.32. The number of hydrogen-bond donors (Lipinski definition) is 0. The smallest absolute Gasteiger partial charge is 0.130 e. The van der Waals surface area contributed by atoms with E-state index in [4.69, 9.17) is 21.1 Å². The van der Waals surface area contributed by atoms with Crippen molar-refractivity contribution in [2.45, 2.75) is 52.2 Å². The molecular formula is C20H23ClO2. The Bertz CT molecular complexity index is 720. The Kier molecular flexibility index (Phi) is 4.29.